The minimum Gasteiger partial charge on any atom is -0.478 e. The molecule has 2 fully saturated rings. The number of nitrogens with zero attached hydrogens (tertiary/aromatic N) is 2. The molecule has 0 amide bonds. The van der Waals surface area contributed by atoms with Crippen LogP contribution < -0.4 is 10.6 Å². The summed E-state index contributed by atoms with van der Waals surface area (Å²) in [5, 5.41) is 9.11. The van der Waals surface area contributed by atoms with Gasteiger partial charge in [0, 0.05) is 24.8 Å². The van der Waals surface area contributed by atoms with Crippen molar-refractivity contribution in [1.82, 2.24) is 4.98 Å². The Kier molecular flexibility index (Phi) is 2.93. The van der Waals surface area contributed by atoms with Crippen LogP contribution in [0.2, 0.25) is 0 Å². The van der Waals surface area contributed by atoms with Gasteiger partial charge >= 0.3 is 5.97 Å². The highest BCUT2D eigenvalue weighted by molar-refractivity contribution is 5.88. The Morgan fingerprint density at radius 1 is 1.42 bits per heavy atom. The fourth-order valence-corrected chi connectivity index (χ4v) is 3.00. The van der Waals surface area contributed by atoms with Crippen molar-refractivity contribution in [3.05, 3.63) is 23.4 Å². The number of carbonyl (C=O) groups is 1. The standard InChI is InChI=1S/C14H19N3O2/c1-8-4-10(14(18)19)5-13(16-8)17-6-11(9-2-3-9)12(15)7-17/h4-5,9,11-12H,2-3,6-7,15H2,1H3,(H,18,19)/t11-,12+/m1/s1. The molecule has 1 saturated heterocycles. The van der Waals surface area contributed by atoms with Crippen molar-refractivity contribution in [1.29, 1.82) is 0 Å². The Bertz CT molecular complexity index is 513. The van der Waals surface area contributed by atoms with E-state index in [9.17, 15) is 4.79 Å². The average molecular weight is 261 g/mol. The van der Waals surface area contributed by atoms with Crippen LogP contribution in [-0.2, 0) is 0 Å². The van der Waals surface area contributed by atoms with Crippen LogP contribution in [0.25, 0.3) is 0 Å². The van der Waals surface area contributed by atoms with E-state index in [-0.39, 0.29) is 6.04 Å². The highest BCUT2D eigenvalue weighted by Crippen LogP contribution is 2.41. The molecule has 5 nitrogen and oxygen atoms in total. The second kappa shape index (κ2) is 4.49. The maximum absolute atomic E-state index is 11.1. The Balaban J connectivity index is 1.84. The fourth-order valence-electron chi connectivity index (χ4n) is 3.00. The van der Waals surface area contributed by atoms with Crippen LogP contribution >= 0.6 is 0 Å². The van der Waals surface area contributed by atoms with E-state index < -0.39 is 5.97 Å². The van der Waals surface area contributed by atoms with E-state index in [4.69, 9.17) is 10.8 Å². The lowest BCUT2D eigenvalue weighted by molar-refractivity contribution is 0.0696. The number of rotatable bonds is 3. The maximum atomic E-state index is 11.1. The zero-order chi connectivity index (χ0) is 13.6. The summed E-state index contributed by atoms with van der Waals surface area (Å²) in [7, 11) is 0. The first-order valence-electron chi connectivity index (χ1n) is 6.77. The van der Waals surface area contributed by atoms with Gasteiger partial charge in [0.05, 0.1) is 5.56 Å². The molecule has 3 N–H and O–H groups in total. The zero-order valence-corrected chi connectivity index (χ0v) is 11.0. The van der Waals surface area contributed by atoms with Gasteiger partial charge in [-0.1, -0.05) is 0 Å². The lowest BCUT2D eigenvalue weighted by Crippen LogP contribution is -2.30. The van der Waals surface area contributed by atoms with Crippen LogP contribution in [0.1, 0.15) is 28.9 Å². The van der Waals surface area contributed by atoms with Gasteiger partial charge < -0.3 is 15.7 Å². The van der Waals surface area contributed by atoms with Gasteiger partial charge in [-0.15, -0.1) is 0 Å². The van der Waals surface area contributed by atoms with Crippen LogP contribution in [0.3, 0.4) is 0 Å². The highest BCUT2D eigenvalue weighted by Gasteiger charge is 2.41. The third kappa shape index (κ3) is 2.42. The van der Waals surface area contributed by atoms with E-state index in [1.165, 1.54) is 12.8 Å². The first-order chi connectivity index (χ1) is 9.04. The number of anilines is 1. The summed E-state index contributed by atoms with van der Waals surface area (Å²) in [6.07, 6.45) is 2.57. The van der Waals surface area contributed by atoms with Gasteiger partial charge in [-0.3, -0.25) is 0 Å². The fraction of sp³-hybridized carbons (Fsp3) is 0.571. The smallest absolute Gasteiger partial charge is 0.335 e. The number of pyridine rings is 1. The molecule has 1 aliphatic carbocycles. The van der Waals surface area contributed by atoms with E-state index in [0.29, 0.717) is 11.5 Å². The normalized spacial score (nSPS) is 26.7. The van der Waals surface area contributed by atoms with Crippen molar-refractivity contribution in [2.45, 2.75) is 25.8 Å². The number of aromatic nitrogens is 1. The monoisotopic (exact) mass is 261 g/mol. The van der Waals surface area contributed by atoms with E-state index in [2.05, 4.69) is 9.88 Å². The van der Waals surface area contributed by atoms with Crippen LogP contribution in [0, 0.1) is 18.8 Å². The number of hydrogen-bond acceptors (Lipinski definition) is 4. The summed E-state index contributed by atoms with van der Waals surface area (Å²) in [5.74, 6) is 1.14. The number of aromatic carboxylic acids is 1. The molecule has 3 rings (SSSR count). The van der Waals surface area contributed by atoms with E-state index in [0.717, 1.165) is 30.5 Å². The Hall–Kier alpha value is -1.62. The van der Waals surface area contributed by atoms with Crippen molar-refractivity contribution in [3.8, 4) is 0 Å². The lowest BCUT2D eigenvalue weighted by atomic mass is 9.99. The molecule has 1 aliphatic heterocycles. The predicted molar refractivity (Wildman–Crippen MR) is 72.3 cm³/mol. The van der Waals surface area contributed by atoms with Gasteiger partial charge in [-0.2, -0.15) is 0 Å². The summed E-state index contributed by atoms with van der Waals surface area (Å²) in [5.41, 5.74) is 7.23. The largest absolute Gasteiger partial charge is 0.478 e. The number of aryl methyl sites for hydroxylation is 1. The van der Waals surface area contributed by atoms with Gasteiger partial charge in [0.1, 0.15) is 5.82 Å². The molecule has 0 bridgehead atoms. The minimum atomic E-state index is -0.908. The first-order valence-corrected chi connectivity index (χ1v) is 6.77. The van der Waals surface area contributed by atoms with E-state index in [1.807, 2.05) is 6.92 Å². The molecule has 19 heavy (non-hydrogen) atoms. The predicted octanol–water partition coefficient (Wildman–Crippen LogP) is 1.26. The molecule has 0 radical (unpaired) electrons. The third-order valence-corrected chi connectivity index (χ3v) is 4.15. The van der Waals surface area contributed by atoms with Gasteiger partial charge in [-0.05, 0) is 43.7 Å². The average Bonchev–Trinajstić information content (AvgIpc) is 3.12. The number of carboxylic acids is 1. The summed E-state index contributed by atoms with van der Waals surface area (Å²) in [6, 6.07) is 3.43. The van der Waals surface area contributed by atoms with E-state index in [1.54, 1.807) is 12.1 Å². The Morgan fingerprint density at radius 2 is 2.16 bits per heavy atom. The van der Waals surface area contributed by atoms with Crippen molar-refractivity contribution in [3.63, 3.8) is 0 Å². The molecule has 1 aromatic rings. The molecular weight excluding hydrogens is 242 g/mol. The lowest BCUT2D eigenvalue weighted by Gasteiger charge is -2.18. The van der Waals surface area contributed by atoms with Crippen LogP contribution in [0.4, 0.5) is 5.82 Å². The molecule has 102 valence electrons. The minimum absolute atomic E-state index is 0.183. The number of hydrogen-bond donors (Lipinski definition) is 2. The van der Waals surface area contributed by atoms with Crippen LogP contribution in [-0.4, -0.2) is 35.2 Å². The van der Waals surface area contributed by atoms with Crippen molar-refractivity contribution < 1.29 is 9.90 Å². The van der Waals surface area contributed by atoms with Gasteiger partial charge in [0.15, 0.2) is 0 Å². The van der Waals surface area contributed by atoms with Crippen molar-refractivity contribution in [2.24, 2.45) is 17.6 Å². The number of carboxylic acid groups (broad SMARTS) is 1. The molecule has 2 heterocycles. The second-order valence-corrected chi connectivity index (χ2v) is 5.73. The summed E-state index contributed by atoms with van der Waals surface area (Å²) < 4.78 is 0. The molecular formula is C14H19N3O2. The second-order valence-electron chi connectivity index (χ2n) is 5.73. The maximum Gasteiger partial charge on any atom is 0.335 e. The number of nitrogens with two attached hydrogens (primary N) is 1. The van der Waals surface area contributed by atoms with Gasteiger partial charge in [0.25, 0.3) is 0 Å². The van der Waals surface area contributed by atoms with Gasteiger partial charge in [0.2, 0.25) is 0 Å². The molecule has 5 heteroatoms. The summed E-state index contributed by atoms with van der Waals surface area (Å²) >= 11 is 0. The SMILES string of the molecule is Cc1cc(C(=O)O)cc(N2C[C@H](C3CC3)[C@@H](N)C2)n1. The third-order valence-electron chi connectivity index (χ3n) is 4.15. The summed E-state index contributed by atoms with van der Waals surface area (Å²) in [4.78, 5) is 17.7. The Labute approximate surface area is 112 Å². The molecule has 2 aliphatic rings. The highest BCUT2D eigenvalue weighted by atomic mass is 16.4. The molecule has 2 atom stereocenters. The molecule has 1 aromatic heterocycles. The van der Waals surface area contributed by atoms with Crippen molar-refractivity contribution >= 4 is 11.8 Å². The van der Waals surface area contributed by atoms with Crippen LogP contribution in [0.15, 0.2) is 12.1 Å². The van der Waals surface area contributed by atoms with Crippen LogP contribution in [0.5, 0.6) is 0 Å². The Morgan fingerprint density at radius 3 is 2.79 bits per heavy atom. The first kappa shape index (κ1) is 12.4. The molecule has 0 aromatic carbocycles. The molecule has 0 spiro atoms. The molecule has 0 unspecified atom stereocenters. The van der Waals surface area contributed by atoms with Gasteiger partial charge in [-0.25, -0.2) is 9.78 Å². The topological polar surface area (TPSA) is 79.5 Å². The quantitative estimate of drug-likeness (QED) is 0.856. The van der Waals surface area contributed by atoms with Crippen molar-refractivity contribution in [2.75, 3.05) is 18.0 Å². The summed E-state index contributed by atoms with van der Waals surface area (Å²) in [6.45, 7) is 3.50. The zero-order valence-electron chi connectivity index (χ0n) is 11.0. The molecule has 1 saturated carbocycles. The van der Waals surface area contributed by atoms with E-state index >= 15 is 0 Å².